The SMILES string of the molecule is CCCCCCCCCCCCCCCCCC(=O)O.CCCCCCCCCCCCCCCCCC(=O)O.O=P(O)(O)O.[Ca+2].[Ca+2].[H-].[H-].[H-].[H-].[H-].[H-].[Mg+2]. The summed E-state index contributed by atoms with van der Waals surface area (Å²) in [5, 5.41) is 17.0. The van der Waals surface area contributed by atoms with Crippen LogP contribution in [-0.4, -0.2) is 135 Å². The van der Waals surface area contributed by atoms with Gasteiger partial charge in [0.1, 0.15) is 0 Å². The van der Waals surface area contributed by atoms with Crippen molar-refractivity contribution < 1.29 is 47.6 Å². The van der Waals surface area contributed by atoms with Crippen LogP contribution in [0, 0.1) is 0 Å². The second-order valence-corrected chi connectivity index (χ2v) is 13.7. The van der Waals surface area contributed by atoms with Crippen LogP contribution in [0.3, 0.4) is 0 Å². The first-order chi connectivity index (χ1) is 21.5. The van der Waals surface area contributed by atoms with E-state index in [0.717, 1.165) is 25.7 Å². The summed E-state index contributed by atoms with van der Waals surface area (Å²) in [5.41, 5.74) is 0. The normalized spacial score (nSPS) is 10.3. The van der Waals surface area contributed by atoms with Crippen molar-refractivity contribution in [2.45, 2.75) is 219 Å². The average Bonchev–Trinajstić information content (AvgIpc) is 2.96. The summed E-state index contributed by atoms with van der Waals surface area (Å²) in [6.07, 6.45) is 40.4. The average molecular weight is 777 g/mol. The molecule has 8 nitrogen and oxygen atoms in total. The second kappa shape index (κ2) is 53.7. The van der Waals surface area contributed by atoms with Crippen molar-refractivity contribution >= 4 is 118 Å². The van der Waals surface area contributed by atoms with Gasteiger partial charge in [-0.05, 0) is 12.8 Å². The van der Waals surface area contributed by atoms with Crippen LogP contribution in [0.1, 0.15) is 228 Å². The van der Waals surface area contributed by atoms with Gasteiger partial charge >= 0.3 is 118 Å². The number of hydrogen-bond acceptors (Lipinski definition) is 3. The van der Waals surface area contributed by atoms with Crippen LogP contribution >= 0.6 is 7.82 Å². The van der Waals surface area contributed by atoms with Gasteiger partial charge in [0.15, 0.2) is 0 Å². The number of phosphoric acid groups is 1. The first-order valence-electron chi connectivity index (χ1n) is 18.8. The number of carbonyl (C=O) groups is 2. The second-order valence-electron chi connectivity index (χ2n) is 12.7. The van der Waals surface area contributed by atoms with E-state index in [1.165, 1.54) is 167 Å². The van der Waals surface area contributed by atoms with E-state index in [4.69, 9.17) is 29.5 Å². The molecule has 0 saturated heterocycles. The molecule has 0 bridgehead atoms. The molecule has 284 valence electrons. The van der Waals surface area contributed by atoms with Crippen LogP contribution in [0.25, 0.3) is 0 Å². The molecule has 0 spiro atoms. The fraction of sp³-hybridized carbons (Fsp3) is 0.944. The van der Waals surface area contributed by atoms with Gasteiger partial charge in [0.2, 0.25) is 0 Å². The molecule has 0 unspecified atom stereocenters. The molecule has 0 aromatic heterocycles. The van der Waals surface area contributed by atoms with Crippen molar-refractivity contribution in [2.24, 2.45) is 0 Å². The van der Waals surface area contributed by atoms with Crippen molar-refractivity contribution in [3.05, 3.63) is 0 Å². The predicted octanol–water partition coefficient (Wildman–Crippen LogP) is 11.3. The predicted molar refractivity (Wildman–Crippen MR) is 213 cm³/mol. The van der Waals surface area contributed by atoms with Gasteiger partial charge in [-0.1, -0.05) is 194 Å². The molecule has 48 heavy (non-hydrogen) atoms. The Balaban J connectivity index is -0.0000000504. The zero-order valence-electron chi connectivity index (χ0n) is 37.7. The quantitative estimate of drug-likeness (QED) is 0.0257. The van der Waals surface area contributed by atoms with Crippen LogP contribution < -0.4 is 0 Å². The molecule has 0 aromatic rings. The largest absolute Gasteiger partial charge is 2.00 e. The first kappa shape index (κ1) is 62.3. The fourth-order valence-corrected chi connectivity index (χ4v) is 5.30. The van der Waals surface area contributed by atoms with Crippen molar-refractivity contribution in [1.82, 2.24) is 0 Å². The van der Waals surface area contributed by atoms with Crippen molar-refractivity contribution in [2.75, 3.05) is 0 Å². The Bertz CT molecular complexity index is 632. The monoisotopic (exact) mass is 776 g/mol. The van der Waals surface area contributed by atoms with Crippen LogP contribution in [-0.2, 0) is 14.2 Å². The Morgan fingerprint density at radius 1 is 0.396 bits per heavy atom. The van der Waals surface area contributed by atoms with Crippen LogP contribution in [0.4, 0.5) is 0 Å². The molecule has 0 aromatic carbocycles. The molecule has 5 N–H and O–H groups in total. The summed E-state index contributed by atoms with van der Waals surface area (Å²) in [6, 6.07) is 0. The standard InChI is InChI=1S/2C18H36O2.2Ca.Mg.H3O4P.6H/c2*1-2-3-4-5-6-7-8-9-10-11-12-13-14-15-16-17-18(19)20;;;;1-5(2,3)4;;;;;;/h2*2-17H2,1H3,(H,19,20);;;;(H3,1,2,3,4);;;;;;/q;;3*+2;;6*-1. The van der Waals surface area contributed by atoms with E-state index in [2.05, 4.69) is 13.8 Å². The Morgan fingerprint density at radius 2 is 0.521 bits per heavy atom. The van der Waals surface area contributed by atoms with Gasteiger partial charge in [0.25, 0.3) is 0 Å². The third kappa shape index (κ3) is 82.0. The van der Waals surface area contributed by atoms with Crippen molar-refractivity contribution in [1.29, 1.82) is 0 Å². The third-order valence-corrected chi connectivity index (χ3v) is 7.99. The summed E-state index contributed by atoms with van der Waals surface area (Å²) in [7, 11) is -4.64. The Morgan fingerprint density at radius 3 is 0.646 bits per heavy atom. The summed E-state index contributed by atoms with van der Waals surface area (Å²) in [4.78, 5) is 42.2. The molecular weight excluding hydrogens is 696 g/mol. The number of carboxylic acid groups (broad SMARTS) is 2. The molecule has 0 rings (SSSR count). The molecule has 0 atom stereocenters. The fourth-order valence-electron chi connectivity index (χ4n) is 5.30. The van der Waals surface area contributed by atoms with Crippen molar-refractivity contribution in [3.8, 4) is 0 Å². The molecule has 12 heteroatoms. The molecule has 0 saturated carbocycles. The number of rotatable bonds is 32. The Labute approximate surface area is 381 Å². The van der Waals surface area contributed by atoms with E-state index in [1.54, 1.807) is 0 Å². The molecular formula is C36H81Ca2MgO8P. The minimum Gasteiger partial charge on any atom is -1.00 e. The van der Waals surface area contributed by atoms with E-state index in [1.807, 2.05) is 0 Å². The first-order valence-corrected chi connectivity index (χ1v) is 20.3. The molecule has 0 aliphatic carbocycles. The Hall–Kier alpha value is 2.34. The number of carboxylic acids is 2. The van der Waals surface area contributed by atoms with Gasteiger partial charge in [-0.15, -0.1) is 0 Å². The smallest absolute Gasteiger partial charge is 1.00 e. The Kier molecular flexibility index (Phi) is 69.7. The van der Waals surface area contributed by atoms with E-state index in [-0.39, 0.29) is 107 Å². The zero-order valence-corrected chi connectivity index (χ0v) is 38.4. The number of aliphatic carboxylic acids is 2. The molecule has 0 radical (unpaired) electrons. The summed E-state index contributed by atoms with van der Waals surface area (Å²) >= 11 is 0. The molecule has 0 aliphatic heterocycles. The van der Waals surface area contributed by atoms with Crippen LogP contribution in [0.2, 0.25) is 0 Å². The summed E-state index contributed by atoms with van der Waals surface area (Å²) in [5.74, 6) is -1.31. The summed E-state index contributed by atoms with van der Waals surface area (Å²) < 4.78 is 8.88. The van der Waals surface area contributed by atoms with E-state index in [9.17, 15) is 9.59 Å². The topological polar surface area (TPSA) is 152 Å². The molecule has 0 fully saturated rings. The number of unbranched alkanes of at least 4 members (excludes halogenated alkanes) is 28. The zero-order chi connectivity index (χ0) is 34.3. The molecule has 0 amide bonds. The van der Waals surface area contributed by atoms with Crippen LogP contribution in [0.15, 0.2) is 0 Å². The van der Waals surface area contributed by atoms with Gasteiger partial charge in [0.05, 0.1) is 0 Å². The maximum absolute atomic E-state index is 10.3. The van der Waals surface area contributed by atoms with Gasteiger partial charge < -0.3 is 33.5 Å². The van der Waals surface area contributed by atoms with E-state index >= 15 is 0 Å². The van der Waals surface area contributed by atoms with Crippen LogP contribution in [0.5, 0.6) is 0 Å². The van der Waals surface area contributed by atoms with Gasteiger partial charge in [0, 0.05) is 12.8 Å². The van der Waals surface area contributed by atoms with E-state index in [0.29, 0.717) is 12.8 Å². The molecule has 0 aliphatic rings. The third-order valence-electron chi connectivity index (χ3n) is 7.99. The minimum atomic E-state index is -4.64. The number of hydrogen-bond donors (Lipinski definition) is 5. The van der Waals surface area contributed by atoms with Crippen molar-refractivity contribution in [3.63, 3.8) is 0 Å². The maximum atomic E-state index is 10.3. The minimum absolute atomic E-state index is 0. The van der Waals surface area contributed by atoms with Gasteiger partial charge in [-0.2, -0.15) is 0 Å². The molecule has 0 heterocycles. The van der Waals surface area contributed by atoms with E-state index < -0.39 is 19.8 Å². The maximum Gasteiger partial charge on any atom is 2.00 e. The summed E-state index contributed by atoms with van der Waals surface area (Å²) in [6.45, 7) is 4.54. The van der Waals surface area contributed by atoms with Gasteiger partial charge in [-0.3, -0.25) is 9.59 Å². The van der Waals surface area contributed by atoms with Gasteiger partial charge in [-0.25, -0.2) is 4.57 Å².